The second-order valence-electron chi connectivity index (χ2n) is 10.0. The lowest BCUT2D eigenvalue weighted by atomic mass is 9.93. The van der Waals surface area contributed by atoms with Gasteiger partial charge >= 0.3 is 5.97 Å². The molecule has 0 bridgehead atoms. The number of fused-ring (bicyclic) bond motifs is 2. The Labute approximate surface area is 225 Å². The number of nitrogens with zero attached hydrogens (tertiary/aromatic N) is 3. The molecule has 10 nitrogen and oxygen atoms in total. The van der Waals surface area contributed by atoms with E-state index in [4.69, 9.17) is 35.5 Å². The van der Waals surface area contributed by atoms with Crippen molar-refractivity contribution in [3.8, 4) is 17.3 Å². The fourth-order valence-electron chi connectivity index (χ4n) is 5.52. The Kier molecular flexibility index (Phi) is 7.13. The van der Waals surface area contributed by atoms with Crippen LogP contribution in [0.15, 0.2) is 30.3 Å². The molecule has 0 unspecified atom stereocenters. The number of nitrogens with one attached hydrogen (secondary N) is 1. The van der Waals surface area contributed by atoms with E-state index in [2.05, 4.69) is 27.0 Å². The monoisotopic (exact) mass is 542 g/mol. The lowest BCUT2D eigenvalue weighted by Gasteiger charge is -2.33. The van der Waals surface area contributed by atoms with Gasteiger partial charge in [0, 0.05) is 30.8 Å². The second kappa shape index (κ2) is 10.7. The molecule has 0 amide bonds. The number of pyridine rings is 1. The first-order valence-corrected chi connectivity index (χ1v) is 13.5. The van der Waals surface area contributed by atoms with E-state index < -0.39 is 6.10 Å². The van der Waals surface area contributed by atoms with E-state index in [1.165, 1.54) is 0 Å². The maximum atomic E-state index is 11.8. The van der Waals surface area contributed by atoms with E-state index in [0.29, 0.717) is 53.4 Å². The van der Waals surface area contributed by atoms with E-state index in [0.717, 1.165) is 37.2 Å². The van der Waals surface area contributed by atoms with Gasteiger partial charge in [0.25, 0.3) is 6.01 Å². The van der Waals surface area contributed by atoms with Gasteiger partial charge in [-0.2, -0.15) is 4.98 Å². The number of hydrogen-bond donors (Lipinski definition) is 2. The SMILES string of the molecule is CCOC(=O)CC1CCN(c2ccc(-c3nc4nc(O[C@@H]5CO[C@H]6[C@@H]5OC[C@H]6O)[nH]c4cc3Cl)cc2)CC1. The molecule has 2 N–H and O–H groups in total. The van der Waals surface area contributed by atoms with Crippen LogP contribution in [0.4, 0.5) is 5.69 Å². The topological polar surface area (TPSA) is 119 Å². The highest BCUT2D eigenvalue weighted by Gasteiger charge is 2.48. The van der Waals surface area contributed by atoms with Crippen molar-refractivity contribution in [2.45, 2.75) is 50.6 Å². The maximum Gasteiger partial charge on any atom is 0.306 e. The highest BCUT2D eigenvalue weighted by molar-refractivity contribution is 6.33. The van der Waals surface area contributed by atoms with Gasteiger partial charge in [0.2, 0.25) is 0 Å². The Morgan fingerprint density at radius 3 is 2.68 bits per heavy atom. The van der Waals surface area contributed by atoms with Crippen LogP contribution in [0, 0.1) is 5.92 Å². The number of anilines is 1. The average molecular weight is 543 g/mol. The van der Waals surface area contributed by atoms with Crippen LogP contribution < -0.4 is 9.64 Å². The summed E-state index contributed by atoms with van der Waals surface area (Å²) < 4.78 is 22.3. The Hall–Kier alpha value is -2.92. The zero-order valence-electron chi connectivity index (χ0n) is 21.1. The number of aliphatic hydroxyl groups excluding tert-OH is 1. The van der Waals surface area contributed by atoms with Gasteiger partial charge in [-0.1, -0.05) is 23.7 Å². The van der Waals surface area contributed by atoms with Crippen molar-refractivity contribution in [2.24, 2.45) is 5.92 Å². The number of carbonyl (C=O) groups is 1. The van der Waals surface area contributed by atoms with E-state index in [-0.39, 0.29) is 30.9 Å². The zero-order chi connectivity index (χ0) is 26.2. The molecule has 3 aliphatic rings. The standard InChI is InChI=1S/C27H31ClN4O6/c1-2-35-22(34)11-15-7-9-32(10-8-15)17-5-3-16(4-6-17)23-18(28)12-19-26(30-23)31-27(29-19)38-21-14-37-24-20(33)13-36-25(21)24/h3-6,12,15,20-21,24-25,33H,2,7-11,13-14H2,1H3,(H,29,30,31)/t20-,21-,24-,25-/m1/s1. The van der Waals surface area contributed by atoms with Crippen LogP contribution in [0.3, 0.4) is 0 Å². The fourth-order valence-corrected chi connectivity index (χ4v) is 5.78. The summed E-state index contributed by atoms with van der Waals surface area (Å²) in [7, 11) is 0. The minimum atomic E-state index is -0.637. The molecular weight excluding hydrogens is 512 g/mol. The van der Waals surface area contributed by atoms with Crippen LogP contribution in [0.25, 0.3) is 22.4 Å². The molecule has 5 heterocycles. The molecule has 11 heteroatoms. The number of rotatable bonds is 7. The normalized spacial score (nSPS) is 25.6. The van der Waals surface area contributed by atoms with Gasteiger partial charge < -0.3 is 33.9 Å². The van der Waals surface area contributed by atoms with Crippen LogP contribution in [-0.4, -0.2) is 83.4 Å². The molecule has 38 heavy (non-hydrogen) atoms. The summed E-state index contributed by atoms with van der Waals surface area (Å²) in [5, 5.41) is 10.4. The number of imidazole rings is 1. The molecule has 0 radical (unpaired) electrons. The third-order valence-corrected chi connectivity index (χ3v) is 7.82. The van der Waals surface area contributed by atoms with Crippen molar-refractivity contribution < 1.29 is 28.8 Å². The van der Waals surface area contributed by atoms with Crippen molar-refractivity contribution in [1.82, 2.24) is 15.0 Å². The van der Waals surface area contributed by atoms with Gasteiger partial charge in [-0.05, 0) is 43.9 Å². The molecule has 1 aromatic carbocycles. The van der Waals surface area contributed by atoms with Crippen LogP contribution in [-0.2, 0) is 19.0 Å². The number of benzene rings is 1. The lowest BCUT2D eigenvalue weighted by Crippen LogP contribution is -2.34. The maximum absolute atomic E-state index is 11.8. The van der Waals surface area contributed by atoms with Crippen LogP contribution >= 0.6 is 11.6 Å². The van der Waals surface area contributed by atoms with E-state index in [1.807, 2.05) is 19.1 Å². The lowest BCUT2D eigenvalue weighted by molar-refractivity contribution is -0.144. The summed E-state index contributed by atoms with van der Waals surface area (Å²) in [6, 6.07) is 10.3. The highest BCUT2D eigenvalue weighted by Crippen LogP contribution is 2.33. The number of hydrogen-bond acceptors (Lipinski definition) is 9. The van der Waals surface area contributed by atoms with Crippen molar-refractivity contribution in [2.75, 3.05) is 37.8 Å². The number of halogens is 1. The number of ether oxygens (including phenoxy) is 4. The van der Waals surface area contributed by atoms with Gasteiger partial charge in [0.05, 0.1) is 36.1 Å². The smallest absolute Gasteiger partial charge is 0.306 e. The number of aliphatic hydroxyl groups is 1. The van der Waals surface area contributed by atoms with Crippen molar-refractivity contribution in [3.05, 3.63) is 35.4 Å². The highest BCUT2D eigenvalue weighted by atomic mass is 35.5. The first-order chi connectivity index (χ1) is 18.5. The Morgan fingerprint density at radius 2 is 1.92 bits per heavy atom. The van der Waals surface area contributed by atoms with Gasteiger partial charge in [0.1, 0.15) is 18.3 Å². The number of aromatic amines is 1. The fraction of sp³-hybridized carbons (Fsp3) is 0.519. The first kappa shape index (κ1) is 25.4. The van der Waals surface area contributed by atoms with Crippen LogP contribution in [0.2, 0.25) is 5.02 Å². The molecule has 0 saturated carbocycles. The second-order valence-corrected chi connectivity index (χ2v) is 10.4. The molecule has 2 aromatic heterocycles. The minimum absolute atomic E-state index is 0.101. The predicted molar refractivity (Wildman–Crippen MR) is 140 cm³/mol. The van der Waals surface area contributed by atoms with Crippen LogP contribution in [0.1, 0.15) is 26.2 Å². The van der Waals surface area contributed by atoms with Crippen molar-refractivity contribution >= 4 is 34.4 Å². The summed E-state index contributed by atoms with van der Waals surface area (Å²) in [5.74, 6) is 0.276. The molecule has 4 atom stereocenters. The largest absolute Gasteiger partial charge is 0.466 e. The van der Waals surface area contributed by atoms with Crippen molar-refractivity contribution in [3.63, 3.8) is 0 Å². The Balaban J connectivity index is 1.12. The molecule has 3 aromatic rings. The number of esters is 1. The molecule has 0 spiro atoms. The zero-order valence-corrected chi connectivity index (χ0v) is 21.9. The molecule has 3 saturated heterocycles. The minimum Gasteiger partial charge on any atom is -0.466 e. The van der Waals surface area contributed by atoms with Crippen LogP contribution in [0.5, 0.6) is 6.01 Å². The Bertz CT molecular complexity index is 1290. The number of carbonyl (C=O) groups excluding carboxylic acids is 1. The molecular formula is C27H31ClN4O6. The number of piperidine rings is 1. The van der Waals surface area contributed by atoms with Gasteiger partial charge in [0.15, 0.2) is 11.8 Å². The quantitative estimate of drug-likeness (QED) is 0.433. The predicted octanol–water partition coefficient (Wildman–Crippen LogP) is 3.35. The molecule has 202 valence electrons. The molecule has 6 rings (SSSR count). The van der Waals surface area contributed by atoms with E-state index in [1.54, 1.807) is 6.07 Å². The third kappa shape index (κ3) is 5.05. The average Bonchev–Trinajstić information content (AvgIpc) is 3.61. The molecule has 0 aliphatic carbocycles. The summed E-state index contributed by atoms with van der Waals surface area (Å²) >= 11 is 6.61. The summed E-state index contributed by atoms with van der Waals surface area (Å²) in [6.07, 6.45) is 0.733. The van der Waals surface area contributed by atoms with Gasteiger partial charge in [-0.3, -0.25) is 4.79 Å². The Morgan fingerprint density at radius 1 is 1.16 bits per heavy atom. The van der Waals surface area contributed by atoms with Gasteiger partial charge in [-0.25, -0.2) is 4.98 Å². The first-order valence-electron chi connectivity index (χ1n) is 13.1. The van der Waals surface area contributed by atoms with Gasteiger partial charge in [-0.15, -0.1) is 0 Å². The van der Waals surface area contributed by atoms with Crippen molar-refractivity contribution in [1.29, 1.82) is 0 Å². The summed E-state index contributed by atoms with van der Waals surface area (Å²) in [5.41, 5.74) is 3.83. The number of H-pyrrole nitrogens is 1. The summed E-state index contributed by atoms with van der Waals surface area (Å²) in [6.45, 7) is 4.64. The molecule has 3 aliphatic heterocycles. The van der Waals surface area contributed by atoms with E-state index >= 15 is 0 Å². The van der Waals surface area contributed by atoms with E-state index in [9.17, 15) is 9.90 Å². The summed E-state index contributed by atoms with van der Waals surface area (Å²) in [4.78, 5) is 26.4. The number of aromatic nitrogens is 3. The molecule has 3 fully saturated rings. The third-order valence-electron chi connectivity index (χ3n) is 7.53.